The third-order valence-electron chi connectivity index (χ3n) is 7.70. The Morgan fingerprint density at radius 3 is 2.52 bits per heavy atom. The van der Waals surface area contributed by atoms with E-state index in [0.717, 1.165) is 58.6 Å². The van der Waals surface area contributed by atoms with Crippen molar-refractivity contribution in [2.75, 3.05) is 46.0 Å². The highest BCUT2D eigenvalue weighted by atomic mass is 19.1. The van der Waals surface area contributed by atoms with E-state index in [0.29, 0.717) is 31.0 Å². The van der Waals surface area contributed by atoms with Gasteiger partial charge in [-0.2, -0.15) is 0 Å². The zero-order chi connectivity index (χ0) is 23.2. The average Bonchev–Trinajstić information content (AvgIpc) is 3.42. The first-order chi connectivity index (χ1) is 15.7. The van der Waals surface area contributed by atoms with Crippen LogP contribution >= 0.6 is 0 Å². The molecule has 0 N–H and O–H groups in total. The van der Waals surface area contributed by atoms with Gasteiger partial charge in [-0.25, -0.2) is 9.18 Å². The highest BCUT2D eigenvalue weighted by Crippen LogP contribution is 2.41. The molecule has 6 nitrogen and oxygen atoms in total. The van der Waals surface area contributed by atoms with E-state index in [-0.39, 0.29) is 17.5 Å². The fourth-order valence-corrected chi connectivity index (χ4v) is 6.01. The third-order valence-corrected chi connectivity index (χ3v) is 7.70. The molecule has 4 aliphatic heterocycles. The van der Waals surface area contributed by atoms with Crippen molar-refractivity contribution in [1.82, 2.24) is 9.80 Å². The molecule has 0 bridgehead atoms. The van der Waals surface area contributed by atoms with Crippen molar-refractivity contribution in [1.29, 1.82) is 0 Å². The Balaban J connectivity index is 1.15. The van der Waals surface area contributed by atoms with Gasteiger partial charge in [-0.1, -0.05) is 6.07 Å². The van der Waals surface area contributed by atoms with Crippen LogP contribution in [0, 0.1) is 5.82 Å². The summed E-state index contributed by atoms with van der Waals surface area (Å²) >= 11 is 0. The van der Waals surface area contributed by atoms with Gasteiger partial charge >= 0.3 is 6.09 Å². The Morgan fingerprint density at radius 2 is 1.85 bits per heavy atom. The van der Waals surface area contributed by atoms with Gasteiger partial charge in [0, 0.05) is 18.6 Å². The summed E-state index contributed by atoms with van der Waals surface area (Å²) < 4.78 is 31.4. The lowest BCUT2D eigenvalue weighted by Gasteiger charge is -2.47. The molecule has 33 heavy (non-hydrogen) atoms. The Bertz CT molecular complexity index is 866. The zero-order valence-corrected chi connectivity index (χ0v) is 20.1. The molecular weight excluding hydrogens is 423 g/mol. The molecule has 0 saturated carbocycles. The van der Waals surface area contributed by atoms with Gasteiger partial charge in [0.15, 0.2) is 0 Å². The van der Waals surface area contributed by atoms with E-state index < -0.39 is 5.60 Å². The summed E-state index contributed by atoms with van der Waals surface area (Å²) in [5.41, 5.74) is 1.79. The second-order valence-corrected chi connectivity index (χ2v) is 11.3. The maximum absolute atomic E-state index is 14.1. The predicted molar refractivity (Wildman–Crippen MR) is 123 cm³/mol. The quantitative estimate of drug-likeness (QED) is 0.674. The lowest BCUT2D eigenvalue weighted by atomic mass is 9.81. The van der Waals surface area contributed by atoms with Gasteiger partial charge in [0.25, 0.3) is 0 Å². The summed E-state index contributed by atoms with van der Waals surface area (Å²) in [7, 11) is 0. The molecule has 7 heteroatoms. The van der Waals surface area contributed by atoms with Crippen LogP contribution in [0.2, 0.25) is 0 Å². The van der Waals surface area contributed by atoms with Crippen LogP contribution in [0.25, 0.3) is 0 Å². The van der Waals surface area contributed by atoms with Crippen molar-refractivity contribution in [3.05, 3.63) is 35.1 Å². The third kappa shape index (κ3) is 4.91. The number of carbonyl (C=O) groups excluding carboxylic acids is 1. The Kier molecular flexibility index (Phi) is 6.17. The number of likely N-dealkylation sites (tertiary alicyclic amines) is 2. The van der Waals surface area contributed by atoms with E-state index in [4.69, 9.17) is 14.2 Å². The van der Waals surface area contributed by atoms with Crippen LogP contribution in [-0.2, 0) is 14.2 Å². The minimum atomic E-state index is -0.477. The van der Waals surface area contributed by atoms with E-state index in [2.05, 4.69) is 4.90 Å². The fourth-order valence-electron chi connectivity index (χ4n) is 6.01. The molecule has 2 atom stereocenters. The molecule has 4 fully saturated rings. The second-order valence-electron chi connectivity index (χ2n) is 11.3. The fraction of sp³-hybridized carbons (Fsp3) is 0.731. The lowest BCUT2D eigenvalue weighted by Crippen LogP contribution is -2.64. The van der Waals surface area contributed by atoms with Gasteiger partial charge in [0.05, 0.1) is 26.3 Å². The van der Waals surface area contributed by atoms with Crippen LogP contribution in [0.15, 0.2) is 18.2 Å². The number of halogens is 1. The van der Waals surface area contributed by atoms with Crippen LogP contribution in [0.1, 0.15) is 69.4 Å². The summed E-state index contributed by atoms with van der Waals surface area (Å²) in [5.74, 6) is 0.657. The van der Waals surface area contributed by atoms with Gasteiger partial charge in [-0.3, -0.25) is 4.90 Å². The van der Waals surface area contributed by atoms with E-state index in [1.807, 2.05) is 26.8 Å². The monoisotopic (exact) mass is 460 g/mol. The lowest BCUT2D eigenvalue weighted by molar-refractivity contribution is -0.109. The molecule has 0 radical (unpaired) electrons. The van der Waals surface area contributed by atoms with Crippen molar-refractivity contribution < 1.29 is 23.4 Å². The first-order valence-electron chi connectivity index (χ1n) is 12.4. The maximum Gasteiger partial charge on any atom is 0.410 e. The summed E-state index contributed by atoms with van der Waals surface area (Å²) in [5, 5.41) is 0. The maximum atomic E-state index is 14.1. The van der Waals surface area contributed by atoms with Gasteiger partial charge in [0.1, 0.15) is 17.0 Å². The van der Waals surface area contributed by atoms with Gasteiger partial charge in [0.2, 0.25) is 0 Å². The Labute approximate surface area is 196 Å². The summed E-state index contributed by atoms with van der Waals surface area (Å²) in [6.07, 6.45) is 3.82. The van der Waals surface area contributed by atoms with Crippen LogP contribution < -0.4 is 0 Å². The van der Waals surface area contributed by atoms with Crippen molar-refractivity contribution in [2.45, 2.75) is 75.5 Å². The van der Waals surface area contributed by atoms with Crippen LogP contribution in [0.3, 0.4) is 0 Å². The van der Waals surface area contributed by atoms with Crippen molar-refractivity contribution in [2.24, 2.45) is 0 Å². The number of benzene rings is 1. The predicted octanol–water partition coefficient (Wildman–Crippen LogP) is 4.29. The van der Waals surface area contributed by atoms with E-state index in [1.54, 1.807) is 17.0 Å². The normalized spacial score (nSPS) is 28.3. The van der Waals surface area contributed by atoms with Gasteiger partial charge in [-0.15, -0.1) is 0 Å². The zero-order valence-electron chi connectivity index (χ0n) is 20.1. The molecule has 182 valence electrons. The molecule has 4 aliphatic rings. The van der Waals surface area contributed by atoms with Gasteiger partial charge in [-0.05, 0) is 88.7 Å². The molecule has 1 spiro atoms. The molecule has 1 unspecified atom stereocenters. The Morgan fingerprint density at radius 1 is 1.09 bits per heavy atom. The summed E-state index contributed by atoms with van der Waals surface area (Å²) in [6, 6.07) is 5.74. The van der Waals surface area contributed by atoms with E-state index >= 15 is 0 Å². The molecule has 5 rings (SSSR count). The van der Waals surface area contributed by atoms with Crippen molar-refractivity contribution >= 4 is 6.09 Å². The molecular formula is C26H37FN2O4. The molecule has 4 saturated heterocycles. The highest BCUT2D eigenvalue weighted by molar-refractivity contribution is 5.69. The van der Waals surface area contributed by atoms with E-state index in [1.165, 1.54) is 11.1 Å². The molecule has 1 amide bonds. The summed E-state index contributed by atoms with van der Waals surface area (Å²) in [6.45, 7) is 11.2. The first kappa shape index (κ1) is 23.1. The smallest absolute Gasteiger partial charge is 0.410 e. The number of nitrogens with zero attached hydrogens (tertiary/aromatic N) is 2. The van der Waals surface area contributed by atoms with Crippen LogP contribution in [-0.4, -0.2) is 79.1 Å². The van der Waals surface area contributed by atoms with Crippen molar-refractivity contribution in [3.8, 4) is 0 Å². The molecule has 0 aromatic heterocycles. The number of hydrogen-bond donors (Lipinski definition) is 0. The van der Waals surface area contributed by atoms with Gasteiger partial charge < -0.3 is 19.1 Å². The number of carbonyl (C=O) groups is 1. The molecule has 0 aliphatic carbocycles. The Hall–Kier alpha value is -1.70. The molecule has 1 aromatic carbocycles. The average molecular weight is 461 g/mol. The van der Waals surface area contributed by atoms with Crippen LogP contribution in [0.5, 0.6) is 0 Å². The highest BCUT2D eigenvalue weighted by Gasteiger charge is 2.53. The number of ether oxygens (including phenoxy) is 3. The van der Waals surface area contributed by atoms with Crippen molar-refractivity contribution in [3.63, 3.8) is 0 Å². The van der Waals surface area contributed by atoms with Crippen LogP contribution in [0.4, 0.5) is 9.18 Å². The summed E-state index contributed by atoms with van der Waals surface area (Å²) in [4.78, 5) is 16.6. The number of amides is 1. The minimum absolute atomic E-state index is 0.138. The second kappa shape index (κ2) is 8.82. The SMILES string of the molecule is CC(C)(C)OC(=O)N1CC2(C[C@H](N3CCC(c4cc(F)ccc4C4CCOC4)CC3)CO2)C1. The first-order valence-corrected chi connectivity index (χ1v) is 12.4. The number of hydrogen-bond acceptors (Lipinski definition) is 5. The largest absolute Gasteiger partial charge is 0.444 e. The van der Waals surface area contributed by atoms with E-state index in [9.17, 15) is 9.18 Å². The number of rotatable bonds is 3. The number of piperidine rings is 1. The minimum Gasteiger partial charge on any atom is -0.444 e. The topological polar surface area (TPSA) is 51.2 Å². The molecule has 1 aromatic rings. The molecule has 4 heterocycles. The standard InChI is InChI=1S/C26H37FN2O4/c1-25(2,3)33-24(30)29-16-26(17-29)13-21(15-32-26)28-9-6-18(7-10-28)23-12-20(27)4-5-22(23)19-8-11-31-14-19/h4-5,12,18-19,21H,6-11,13-17H2,1-3H3/t19?,21-/m0/s1.